The van der Waals surface area contributed by atoms with Crippen molar-refractivity contribution in [3.8, 4) is 11.5 Å². The molecule has 1 fully saturated rings. The van der Waals surface area contributed by atoms with Crippen LogP contribution in [-0.2, 0) is 12.8 Å². The number of guanidine groups is 1. The van der Waals surface area contributed by atoms with Gasteiger partial charge in [0.1, 0.15) is 0 Å². The molecular weight excluding hydrogens is 517 g/mol. The number of aromatic nitrogens is 4. The van der Waals surface area contributed by atoms with Crippen molar-refractivity contribution in [3.05, 3.63) is 54.4 Å². The van der Waals surface area contributed by atoms with Gasteiger partial charge in [-0.1, -0.05) is 31.1 Å². The van der Waals surface area contributed by atoms with Crippen molar-refractivity contribution >= 4 is 29.9 Å². The minimum absolute atomic E-state index is 0. The third-order valence-corrected chi connectivity index (χ3v) is 6.02. The van der Waals surface area contributed by atoms with Gasteiger partial charge in [-0.15, -0.1) is 24.0 Å². The van der Waals surface area contributed by atoms with E-state index in [1.54, 1.807) is 0 Å². The molecule has 0 saturated carbocycles. The summed E-state index contributed by atoms with van der Waals surface area (Å²) >= 11 is 0. The van der Waals surface area contributed by atoms with E-state index in [9.17, 15) is 0 Å². The summed E-state index contributed by atoms with van der Waals surface area (Å²) in [7, 11) is 1.86. The molecule has 4 rings (SSSR count). The number of hydrogen-bond acceptors (Lipinski definition) is 5. The first-order chi connectivity index (χ1) is 15.2. The highest BCUT2D eigenvalue weighted by Gasteiger charge is 2.28. The maximum Gasteiger partial charge on any atom is 0.257 e. The summed E-state index contributed by atoms with van der Waals surface area (Å²) in [6.07, 6.45) is 8.65. The number of likely N-dealkylation sites (tertiary alicyclic amines) is 1. The fourth-order valence-corrected chi connectivity index (χ4v) is 4.07. The minimum Gasteiger partial charge on any atom is -0.356 e. The number of aryl methyl sites for hydroxylation is 1. The highest BCUT2D eigenvalue weighted by atomic mass is 127. The zero-order valence-electron chi connectivity index (χ0n) is 18.9. The Morgan fingerprint density at radius 3 is 2.75 bits per heavy atom. The lowest BCUT2D eigenvalue weighted by molar-refractivity contribution is 0.189. The number of aliphatic imine (C=N–C) groups is 1. The van der Waals surface area contributed by atoms with Crippen LogP contribution in [0, 0.1) is 5.92 Å². The number of piperidine rings is 1. The van der Waals surface area contributed by atoms with Crippen LogP contribution in [-0.4, -0.2) is 57.2 Å². The highest BCUT2D eigenvalue weighted by Crippen LogP contribution is 2.27. The molecule has 0 aliphatic carbocycles. The molecule has 2 aromatic heterocycles. The molecule has 1 aliphatic rings. The predicted molar refractivity (Wildman–Crippen MR) is 136 cm³/mol. The summed E-state index contributed by atoms with van der Waals surface area (Å²) in [4.78, 5) is 15.5. The number of nitrogens with zero attached hydrogens (tertiary/aromatic N) is 6. The van der Waals surface area contributed by atoms with Crippen LogP contribution >= 0.6 is 24.0 Å². The largest absolute Gasteiger partial charge is 0.356 e. The molecule has 1 aliphatic heterocycles. The Morgan fingerprint density at radius 2 is 2.09 bits per heavy atom. The van der Waals surface area contributed by atoms with Crippen LogP contribution in [0.2, 0.25) is 0 Å². The van der Waals surface area contributed by atoms with Crippen molar-refractivity contribution in [2.45, 2.75) is 39.2 Å². The Kier molecular flexibility index (Phi) is 8.66. The molecule has 1 saturated heterocycles. The highest BCUT2D eigenvalue weighted by molar-refractivity contribution is 14.0. The van der Waals surface area contributed by atoms with E-state index in [2.05, 4.69) is 60.2 Å². The molecule has 1 aromatic carbocycles. The number of rotatable bonds is 6. The molecule has 2 unspecified atom stereocenters. The normalized spacial score (nSPS) is 19.0. The van der Waals surface area contributed by atoms with E-state index >= 15 is 0 Å². The van der Waals surface area contributed by atoms with E-state index < -0.39 is 0 Å². The van der Waals surface area contributed by atoms with Crippen molar-refractivity contribution in [1.29, 1.82) is 0 Å². The molecule has 32 heavy (non-hydrogen) atoms. The van der Waals surface area contributed by atoms with Gasteiger partial charge >= 0.3 is 0 Å². The second kappa shape index (κ2) is 11.4. The standard InChI is InChI=1S/C23H31N7O.HI/c1-4-21-27-22(31-28-21)19-7-5-18(6-8-19)9-11-26-23(24-3)29-13-10-17(2)20(15-29)30-14-12-25-16-30;/h5-8,12,14,16-17,20H,4,9-11,13,15H2,1-3H3,(H,24,26);1H. The zero-order valence-corrected chi connectivity index (χ0v) is 21.3. The molecule has 0 bridgehead atoms. The number of benzene rings is 1. The fraction of sp³-hybridized carbons (Fsp3) is 0.478. The van der Waals surface area contributed by atoms with Crippen LogP contribution in [0.3, 0.4) is 0 Å². The van der Waals surface area contributed by atoms with E-state index in [-0.39, 0.29) is 24.0 Å². The second-order valence-electron chi connectivity index (χ2n) is 8.08. The Morgan fingerprint density at radius 1 is 1.28 bits per heavy atom. The molecule has 0 radical (unpaired) electrons. The maximum atomic E-state index is 5.32. The first-order valence-corrected chi connectivity index (χ1v) is 11.0. The van der Waals surface area contributed by atoms with Crippen molar-refractivity contribution in [1.82, 2.24) is 29.9 Å². The lowest BCUT2D eigenvalue weighted by atomic mass is 9.93. The molecule has 2 atom stereocenters. The van der Waals surface area contributed by atoms with Gasteiger partial charge in [-0.05, 0) is 36.5 Å². The van der Waals surface area contributed by atoms with Gasteiger partial charge in [0.15, 0.2) is 11.8 Å². The summed E-state index contributed by atoms with van der Waals surface area (Å²) in [5, 5.41) is 7.50. The molecule has 1 N–H and O–H groups in total. The summed E-state index contributed by atoms with van der Waals surface area (Å²) in [6, 6.07) is 8.73. The molecule has 3 heterocycles. The first-order valence-electron chi connectivity index (χ1n) is 11.0. The summed E-state index contributed by atoms with van der Waals surface area (Å²) in [5.74, 6) is 2.90. The SMILES string of the molecule is CCc1noc(-c2ccc(CCNC(=NC)N3CCC(C)C(n4ccnc4)C3)cc2)n1.I. The van der Waals surface area contributed by atoms with Crippen molar-refractivity contribution in [3.63, 3.8) is 0 Å². The van der Waals surface area contributed by atoms with Gasteiger partial charge in [0.2, 0.25) is 0 Å². The summed E-state index contributed by atoms with van der Waals surface area (Å²) in [5.41, 5.74) is 2.21. The van der Waals surface area contributed by atoms with Gasteiger partial charge in [0.05, 0.1) is 12.4 Å². The lowest BCUT2D eigenvalue weighted by Crippen LogP contribution is -2.49. The average molecular weight is 549 g/mol. The number of imidazole rings is 1. The summed E-state index contributed by atoms with van der Waals surface area (Å²) in [6.45, 7) is 7.12. The first kappa shape index (κ1) is 24.2. The van der Waals surface area contributed by atoms with E-state index in [1.807, 2.05) is 38.6 Å². The van der Waals surface area contributed by atoms with Crippen LogP contribution in [0.5, 0.6) is 0 Å². The monoisotopic (exact) mass is 549 g/mol. The summed E-state index contributed by atoms with van der Waals surface area (Å²) < 4.78 is 7.54. The van der Waals surface area contributed by atoms with Gasteiger partial charge in [-0.2, -0.15) is 4.98 Å². The smallest absolute Gasteiger partial charge is 0.257 e. The van der Waals surface area contributed by atoms with E-state index in [0.717, 1.165) is 56.2 Å². The molecular formula is C23H32IN7O. The van der Waals surface area contributed by atoms with Gasteiger partial charge in [-0.3, -0.25) is 4.99 Å². The maximum absolute atomic E-state index is 5.32. The van der Waals surface area contributed by atoms with Gasteiger partial charge in [0.25, 0.3) is 5.89 Å². The Balaban J connectivity index is 0.00000289. The third kappa shape index (κ3) is 5.67. The zero-order chi connectivity index (χ0) is 21.6. The van der Waals surface area contributed by atoms with Gasteiger partial charge < -0.3 is 19.3 Å². The average Bonchev–Trinajstić information content (AvgIpc) is 3.50. The Bertz CT molecular complexity index is 984. The van der Waals surface area contributed by atoms with E-state index in [1.165, 1.54) is 5.56 Å². The molecule has 8 nitrogen and oxygen atoms in total. The number of nitrogens with one attached hydrogen (secondary N) is 1. The van der Waals surface area contributed by atoms with E-state index in [0.29, 0.717) is 17.9 Å². The van der Waals surface area contributed by atoms with Crippen LogP contribution in [0.15, 0.2) is 52.5 Å². The van der Waals surface area contributed by atoms with Crippen molar-refractivity contribution in [2.24, 2.45) is 10.9 Å². The topological polar surface area (TPSA) is 84.4 Å². The third-order valence-electron chi connectivity index (χ3n) is 6.02. The van der Waals surface area contributed by atoms with Crippen LogP contribution < -0.4 is 5.32 Å². The van der Waals surface area contributed by atoms with Gasteiger partial charge in [-0.25, -0.2) is 4.98 Å². The van der Waals surface area contributed by atoms with Crippen LogP contribution in [0.25, 0.3) is 11.5 Å². The van der Waals surface area contributed by atoms with Crippen molar-refractivity contribution < 1.29 is 4.52 Å². The van der Waals surface area contributed by atoms with Crippen LogP contribution in [0.4, 0.5) is 0 Å². The molecule has 3 aromatic rings. The quantitative estimate of drug-likeness (QED) is 0.286. The van der Waals surface area contributed by atoms with Crippen molar-refractivity contribution in [2.75, 3.05) is 26.7 Å². The second-order valence-corrected chi connectivity index (χ2v) is 8.08. The molecule has 9 heteroatoms. The lowest BCUT2D eigenvalue weighted by Gasteiger charge is -2.39. The molecule has 172 valence electrons. The minimum atomic E-state index is 0. The van der Waals surface area contributed by atoms with Crippen LogP contribution in [0.1, 0.15) is 37.7 Å². The fourth-order valence-electron chi connectivity index (χ4n) is 4.07. The Labute approximate surface area is 206 Å². The molecule has 0 amide bonds. The van der Waals surface area contributed by atoms with E-state index in [4.69, 9.17) is 4.52 Å². The number of halogens is 1. The Hall–Kier alpha value is -2.43. The molecule has 0 spiro atoms. The number of hydrogen-bond donors (Lipinski definition) is 1. The van der Waals surface area contributed by atoms with Gasteiger partial charge in [0, 0.05) is 51.1 Å². The predicted octanol–water partition coefficient (Wildman–Crippen LogP) is 3.81.